The highest BCUT2D eigenvalue weighted by molar-refractivity contribution is 5.81. The zero-order valence-electron chi connectivity index (χ0n) is 17.1. The number of aryl methyl sites for hydroxylation is 3. The Bertz CT molecular complexity index is 988. The predicted molar refractivity (Wildman–Crippen MR) is 113 cm³/mol. The molecule has 6 nitrogen and oxygen atoms in total. The van der Waals surface area contributed by atoms with Crippen molar-refractivity contribution < 1.29 is 0 Å². The van der Waals surface area contributed by atoms with Gasteiger partial charge in [0, 0.05) is 19.5 Å². The number of hydrogen-bond donors (Lipinski definition) is 2. The van der Waals surface area contributed by atoms with Crippen LogP contribution in [0.3, 0.4) is 0 Å². The number of nitrogens with one attached hydrogen (secondary N) is 1. The molecule has 0 atom stereocenters. The molecule has 3 aromatic rings. The summed E-state index contributed by atoms with van der Waals surface area (Å²) in [7, 11) is 0. The molecule has 0 radical (unpaired) electrons. The Labute approximate surface area is 166 Å². The molecule has 2 aromatic heterocycles. The van der Waals surface area contributed by atoms with Crippen molar-refractivity contribution in [1.82, 2.24) is 24.8 Å². The molecule has 0 spiro atoms. The van der Waals surface area contributed by atoms with E-state index in [1.165, 1.54) is 47.8 Å². The molecule has 1 aromatic carbocycles. The first-order chi connectivity index (χ1) is 13.5. The summed E-state index contributed by atoms with van der Waals surface area (Å²) in [6.07, 6.45) is 5.99. The van der Waals surface area contributed by atoms with Gasteiger partial charge in [-0.15, -0.1) is 0 Å². The smallest absolute Gasteiger partial charge is 0.165 e. The Morgan fingerprint density at radius 1 is 1.18 bits per heavy atom. The normalized spacial score (nSPS) is 13.6. The number of imidazole rings is 1. The minimum atomic E-state index is 0.450. The SMILES string of the molecule is Cc1cc2c(cc1Cc1nc3c(N)ncnc3n1CCNCC(C)C)CCC2. The minimum Gasteiger partial charge on any atom is -0.382 e. The van der Waals surface area contributed by atoms with Crippen molar-refractivity contribution in [3.63, 3.8) is 0 Å². The molecule has 0 amide bonds. The fourth-order valence-corrected chi connectivity index (χ4v) is 4.11. The lowest BCUT2D eigenvalue weighted by atomic mass is 9.98. The summed E-state index contributed by atoms with van der Waals surface area (Å²) in [5.74, 6) is 2.09. The van der Waals surface area contributed by atoms with Crippen LogP contribution in [-0.4, -0.2) is 32.6 Å². The maximum Gasteiger partial charge on any atom is 0.165 e. The number of hydrogen-bond acceptors (Lipinski definition) is 5. The molecule has 0 aliphatic heterocycles. The molecule has 3 N–H and O–H groups in total. The van der Waals surface area contributed by atoms with Crippen molar-refractivity contribution in [2.24, 2.45) is 5.92 Å². The van der Waals surface area contributed by atoms with Crippen molar-refractivity contribution in [2.75, 3.05) is 18.8 Å². The quantitative estimate of drug-likeness (QED) is 0.618. The number of fused-ring (bicyclic) bond motifs is 2. The van der Waals surface area contributed by atoms with Crippen LogP contribution in [0.1, 0.15) is 48.3 Å². The van der Waals surface area contributed by atoms with Crippen LogP contribution in [0.2, 0.25) is 0 Å². The first kappa shape index (κ1) is 18.9. The average molecular weight is 379 g/mol. The molecule has 0 saturated carbocycles. The molecule has 1 aliphatic rings. The number of rotatable bonds is 7. The van der Waals surface area contributed by atoms with Gasteiger partial charge in [-0.1, -0.05) is 26.0 Å². The summed E-state index contributed by atoms with van der Waals surface area (Å²) in [5.41, 5.74) is 13.3. The van der Waals surface area contributed by atoms with Gasteiger partial charge >= 0.3 is 0 Å². The summed E-state index contributed by atoms with van der Waals surface area (Å²) >= 11 is 0. The molecular weight excluding hydrogens is 348 g/mol. The molecular formula is C22H30N6. The van der Waals surface area contributed by atoms with Gasteiger partial charge in [0.05, 0.1) is 0 Å². The van der Waals surface area contributed by atoms with Crippen LogP contribution in [0, 0.1) is 12.8 Å². The maximum atomic E-state index is 6.09. The van der Waals surface area contributed by atoms with E-state index in [-0.39, 0.29) is 0 Å². The second kappa shape index (κ2) is 7.87. The number of nitrogens with zero attached hydrogens (tertiary/aromatic N) is 4. The Morgan fingerprint density at radius 2 is 1.96 bits per heavy atom. The molecule has 148 valence electrons. The van der Waals surface area contributed by atoms with Crippen molar-refractivity contribution in [1.29, 1.82) is 0 Å². The van der Waals surface area contributed by atoms with E-state index in [0.717, 1.165) is 37.5 Å². The largest absolute Gasteiger partial charge is 0.382 e. The van der Waals surface area contributed by atoms with Crippen LogP contribution in [0.5, 0.6) is 0 Å². The van der Waals surface area contributed by atoms with Crippen LogP contribution in [0.15, 0.2) is 18.5 Å². The zero-order valence-corrected chi connectivity index (χ0v) is 17.1. The van der Waals surface area contributed by atoms with Crippen LogP contribution < -0.4 is 11.1 Å². The number of aromatic nitrogens is 4. The van der Waals surface area contributed by atoms with E-state index >= 15 is 0 Å². The monoisotopic (exact) mass is 378 g/mol. The van der Waals surface area contributed by atoms with Gasteiger partial charge in [-0.25, -0.2) is 15.0 Å². The lowest BCUT2D eigenvalue weighted by molar-refractivity contribution is 0.522. The molecule has 0 fully saturated rings. The molecule has 0 unspecified atom stereocenters. The molecule has 6 heteroatoms. The van der Waals surface area contributed by atoms with E-state index < -0.39 is 0 Å². The van der Waals surface area contributed by atoms with Gasteiger partial charge in [0.25, 0.3) is 0 Å². The molecule has 28 heavy (non-hydrogen) atoms. The lowest BCUT2D eigenvalue weighted by Gasteiger charge is -2.13. The molecule has 1 aliphatic carbocycles. The predicted octanol–water partition coefficient (Wildman–Crippen LogP) is 3.04. The topological polar surface area (TPSA) is 81.7 Å². The van der Waals surface area contributed by atoms with Crippen LogP contribution in [0.4, 0.5) is 5.82 Å². The third-order valence-corrected chi connectivity index (χ3v) is 5.60. The Hall–Kier alpha value is -2.47. The number of benzene rings is 1. The van der Waals surface area contributed by atoms with E-state index in [4.69, 9.17) is 10.7 Å². The third kappa shape index (κ3) is 3.74. The van der Waals surface area contributed by atoms with Crippen molar-refractivity contribution >= 4 is 17.0 Å². The minimum absolute atomic E-state index is 0.450. The van der Waals surface area contributed by atoms with Gasteiger partial charge in [-0.3, -0.25) is 0 Å². The summed E-state index contributed by atoms with van der Waals surface area (Å²) in [4.78, 5) is 13.4. The first-order valence-electron chi connectivity index (χ1n) is 10.3. The molecule has 0 saturated heterocycles. The van der Waals surface area contributed by atoms with E-state index in [9.17, 15) is 0 Å². The van der Waals surface area contributed by atoms with Crippen molar-refractivity contribution in [3.05, 3.63) is 46.5 Å². The van der Waals surface area contributed by atoms with E-state index in [0.29, 0.717) is 17.3 Å². The van der Waals surface area contributed by atoms with Crippen LogP contribution in [0.25, 0.3) is 11.2 Å². The number of anilines is 1. The maximum absolute atomic E-state index is 6.09. The Balaban J connectivity index is 1.66. The van der Waals surface area contributed by atoms with Gasteiger partial charge < -0.3 is 15.6 Å². The van der Waals surface area contributed by atoms with Gasteiger partial charge in [-0.05, 0) is 60.9 Å². The third-order valence-electron chi connectivity index (χ3n) is 5.60. The fourth-order valence-electron chi connectivity index (χ4n) is 4.11. The van der Waals surface area contributed by atoms with Gasteiger partial charge in [0.2, 0.25) is 0 Å². The van der Waals surface area contributed by atoms with E-state index in [2.05, 4.69) is 52.8 Å². The molecule has 2 heterocycles. The molecule has 0 bridgehead atoms. The van der Waals surface area contributed by atoms with Gasteiger partial charge in [-0.2, -0.15) is 0 Å². The van der Waals surface area contributed by atoms with Gasteiger partial charge in [0.1, 0.15) is 12.2 Å². The number of nitrogens with two attached hydrogens (primary N) is 1. The van der Waals surface area contributed by atoms with Crippen molar-refractivity contribution in [2.45, 2.75) is 53.0 Å². The number of nitrogen functional groups attached to an aromatic ring is 1. The first-order valence-corrected chi connectivity index (χ1v) is 10.3. The van der Waals surface area contributed by atoms with E-state index in [1.807, 2.05) is 0 Å². The second-order valence-corrected chi connectivity index (χ2v) is 8.29. The van der Waals surface area contributed by atoms with Crippen LogP contribution >= 0.6 is 0 Å². The highest BCUT2D eigenvalue weighted by Gasteiger charge is 2.18. The Kier molecular flexibility index (Phi) is 5.31. The van der Waals surface area contributed by atoms with Gasteiger partial charge in [0.15, 0.2) is 17.0 Å². The summed E-state index contributed by atoms with van der Waals surface area (Å²) in [6.45, 7) is 9.34. The lowest BCUT2D eigenvalue weighted by Crippen LogP contribution is -2.24. The average Bonchev–Trinajstić information content (AvgIpc) is 3.24. The second-order valence-electron chi connectivity index (χ2n) is 8.29. The van der Waals surface area contributed by atoms with Crippen LogP contribution in [-0.2, 0) is 25.8 Å². The fraction of sp³-hybridized carbons (Fsp3) is 0.500. The van der Waals surface area contributed by atoms with E-state index in [1.54, 1.807) is 0 Å². The standard InChI is InChI=1S/C22H30N6/c1-14(2)12-24-7-8-28-19(27-20-21(23)25-13-26-22(20)28)11-18-10-17-6-4-5-16(17)9-15(18)3/h9-10,13-14,24H,4-8,11-12H2,1-3H3,(H2,23,25,26). The highest BCUT2D eigenvalue weighted by Crippen LogP contribution is 2.27. The van der Waals surface area contributed by atoms with Crippen molar-refractivity contribution in [3.8, 4) is 0 Å². The summed E-state index contributed by atoms with van der Waals surface area (Å²) in [5, 5.41) is 3.52. The summed E-state index contributed by atoms with van der Waals surface area (Å²) < 4.78 is 2.20. The highest BCUT2D eigenvalue weighted by atomic mass is 15.2. The molecule has 4 rings (SSSR count). The Morgan fingerprint density at radius 3 is 2.75 bits per heavy atom. The summed E-state index contributed by atoms with van der Waals surface area (Å²) in [6, 6.07) is 4.75. The zero-order chi connectivity index (χ0) is 19.7.